The second kappa shape index (κ2) is 3.78. The molecule has 0 saturated carbocycles. The van der Waals surface area contributed by atoms with Gasteiger partial charge >= 0.3 is 0 Å². The van der Waals surface area contributed by atoms with Gasteiger partial charge in [0, 0.05) is 13.0 Å². The van der Waals surface area contributed by atoms with Gasteiger partial charge in [0.05, 0.1) is 5.60 Å². The van der Waals surface area contributed by atoms with Crippen molar-refractivity contribution in [2.45, 2.75) is 24.9 Å². The molecule has 0 amide bonds. The van der Waals surface area contributed by atoms with Gasteiger partial charge in [0.15, 0.2) is 0 Å². The third kappa shape index (κ3) is 2.30. The van der Waals surface area contributed by atoms with Gasteiger partial charge in [0.1, 0.15) is 0 Å². The van der Waals surface area contributed by atoms with E-state index in [0.29, 0.717) is 0 Å². The summed E-state index contributed by atoms with van der Waals surface area (Å²) in [4.78, 5) is 0. The molecule has 72 valence electrons. The molecule has 0 spiro atoms. The summed E-state index contributed by atoms with van der Waals surface area (Å²) in [5.41, 5.74) is 0.760. The van der Waals surface area contributed by atoms with Gasteiger partial charge in [-0.15, -0.1) is 0 Å². The van der Waals surface area contributed by atoms with Crippen LogP contribution < -0.4 is 5.32 Å². The Morgan fingerprint density at radius 3 is 3.15 bits per heavy atom. The molecule has 1 aliphatic rings. The topological polar surface area (TPSA) is 32.3 Å². The van der Waals surface area contributed by atoms with Crippen molar-refractivity contribution in [3.05, 3.63) is 22.4 Å². The first-order chi connectivity index (χ1) is 6.29. The number of hydrogen-bond donors (Lipinski definition) is 2. The molecule has 1 saturated heterocycles. The second-order valence-electron chi connectivity index (χ2n) is 3.81. The van der Waals surface area contributed by atoms with Crippen molar-refractivity contribution < 1.29 is 5.11 Å². The molecule has 13 heavy (non-hydrogen) atoms. The van der Waals surface area contributed by atoms with E-state index in [0.717, 1.165) is 32.4 Å². The normalized spacial score (nSPS) is 29.0. The molecule has 0 bridgehead atoms. The highest BCUT2D eigenvalue weighted by Gasteiger charge is 2.29. The SMILES string of the molecule is OC1(Cc2ccsc2)CCCNC1. The van der Waals surface area contributed by atoms with Gasteiger partial charge in [0.25, 0.3) is 0 Å². The lowest BCUT2D eigenvalue weighted by molar-refractivity contribution is 0.0170. The van der Waals surface area contributed by atoms with Crippen LogP contribution in [0.5, 0.6) is 0 Å². The molecule has 1 aromatic heterocycles. The fraction of sp³-hybridized carbons (Fsp3) is 0.600. The molecule has 0 aliphatic carbocycles. The smallest absolute Gasteiger partial charge is 0.0812 e. The van der Waals surface area contributed by atoms with Crippen molar-refractivity contribution in [1.29, 1.82) is 0 Å². The fourth-order valence-electron chi connectivity index (χ4n) is 1.88. The Kier molecular flexibility index (Phi) is 2.67. The first kappa shape index (κ1) is 9.19. The van der Waals surface area contributed by atoms with E-state index in [1.165, 1.54) is 5.56 Å². The van der Waals surface area contributed by atoms with Crippen LogP contribution in [0.15, 0.2) is 16.8 Å². The maximum absolute atomic E-state index is 10.2. The van der Waals surface area contributed by atoms with Gasteiger partial charge in [-0.2, -0.15) is 11.3 Å². The van der Waals surface area contributed by atoms with E-state index < -0.39 is 5.60 Å². The Balaban J connectivity index is 1.99. The van der Waals surface area contributed by atoms with Gasteiger partial charge in [0.2, 0.25) is 0 Å². The number of thiophene rings is 1. The number of nitrogens with one attached hydrogen (secondary N) is 1. The summed E-state index contributed by atoms with van der Waals surface area (Å²) in [6, 6.07) is 2.09. The van der Waals surface area contributed by atoms with Crippen LogP contribution >= 0.6 is 11.3 Å². The average Bonchev–Trinajstić information content (AvgIpc) is 2.57. The Labute approximate surface area is 82.6 Å². The Bertz CT molecular complexity index is 252. The monoisotopic (exact) mass is 197 g/mol. The van der Waals surface area contributed by atoms with Crippen molar-refractivity contribution in [1.82, 2.24) is 5.32 Å². The highest BCUT2D eigenvalue weighted by Crippen LogP contribution is 2.22. The highest BCUT2D eigenvalue weighted by molar-refractivity contribution is 7.07. The molecule has 2 nitrogen and oxygen atoms in total. The third-order valence-electron chi connectivity index (χ3n) is 2.56. The summed E-state index contributed by atoms with van der Waals surface area (Å²) in [5.74, 6) is 0. The van der Waals surface area contributed by atoms with Crippen LogP contribution in [0, 0.1) is 0 Å². The van der Waals surface area contributed by atoms with Gasteiger partial charge in [-0.25, -0.2) is 0 Å². The first-order valence-electron chi connectivity index (χ1n) is 4.73. The molecule has 0 radical (unpaired) electrons. The molecule has 1 aromatic rings. The maximum Gasteiger partial charge on any atom is 0.0812 e. The zero-order valence-electron chi connectivity index (χ0n) is 7.62. The zero-order valence-corrected chi connectivity index (χ0v) is 8.44. The molecule has 2 rings (SSSR count). The van der Waals surface area contributed by atoms with Gasteiger partial charge in [-0.3, -0.25) is 0 Å². The molecule has 2 N–H and O–H groups in total. The van der Waals surface area contributed by atoms with Crippen LogP contribution in [-0.2, 0) is 6.42 Å². The molecular weight excluding hydrogens is 182 g/mol. The maximum atomic E-state index is 10.2. The van der Waals surface area contributed by atoms with Crippen molar-refractivity contribution in [2.24, 2.45) is 0 Å². The minimum atomic E-state index is -0.501. The zero-order chi connectivity index (χ0) is 9.15. The Morgan fingerprint density at radius 1 is 1.62 bits per heavy atom. The van der Waals surface area contributed by atoms with Crippen LogP contribution in [0.3, 0.4) is 0 Å². The molecule has 3 heteroatoms. The van der Waals surface area contributed by atoms with E-state index in [1.807, 2.05) is 0 Å². The molecule has 2 heterocycles. The number of hydrogen-bond acceptors (Lipinski definition) is 3. The summed E-state index contributed by atoms with van der Waals surface area (Å²) in [5, 5.41) is 17.6. The van der Waals surface area contributed by atoms with Crippen molar-refractivity contribution in [3.63, 3.8) is 0 Å². The quantitative estimate of drug-likeness (QED) is 0.751. The van der Waals surface area contributed by atoms with Crippen molar-refractivity contribution in [3.8, 4) is 0 Å². The summed E-state index contributed by atoms with van der Waals surface area (Å²) in [6.45, 7) is 1.79. The van der Waals surface area contributed by atoms with Crippen molar-refractivity contribution in [2.75, 3.05) is 13.1 Å². The van der Waals surface area contributed by atoms with Crippen LogP contribution in [0.2, 0.25) is 0 Å². The van der Waals surface area contributed by atoms with Crippen molar-refractivity contribution >= 4 is 11.3 Å². The Morgan fingerprint density at radius 2 is 2.54 bits per heavy atom. The lowest BCUT2D eigenvalue weighted by Gasteiger charge is -2.32. The van der Waals surface area contributed by atoms with Gasteiger partial charge in [-0.05, 0) is 41.8 Å². The van der Waals surface area contributed by atoms with Gasteiger partial charge < -0.3 is 10.4 Å². The fourth-order valence-corrected chi connectivity index (χ4v) is 2.54. The minimum absolute atomic E-state index is 0.501. The molecule has 1 fully saturated rings. The minimum Gasteiger partial charge on any atom is -0.388 e. The summed E-state index contributed by atoms with van der Waals surface area (Å²) in [6.07, 6.45) is 2.81. The van der Waals surface area contributed by atoms with E-state index in [9.17, 15) is 5.11 Å². The molecule has 0 aromatic carbocycles. The van der Waals surface area contributed by atoms with E-state index in [1.54, 1.807) is 11.3 Å². The number of β-amino-alcohol motifs (C(OH)–C–C–N with tert-alkyl or cyclic N) is 1. The summed E-state index contributed by atoms with van der Waals surface area (Å²) < 4.78 is 0. The predicted molar refractivity (Wildman–Crippen MR) is 55.1 cm³/mol. The van der Waals surface area contributed by atoms with Crippen LogP contribution in [0.1, 0.15) is 18.4 Å². The molecule has 1 unspecified atom stereocenters. The number of aliphatic hydroxyl groups is 1. The van der Waals surface area contributed by atoms with Crippen LogP contribution in [0.25, 0.3) is 0 Å². The highest BCUT2D eigenvalue weighted by atomic mass is 32.1. The predicted octanol–water partition coefficient (Wildman–Crippen LogP) is 1.41. The van der Waals surface area contributed by atoms with Gasteiger partial charge in [-0.1, -0.05) is 0 Å². The molecular formula is C10H15NOS. The standard InChI is InChI=1S/C10H15NOS/c12-10(3-1-4-11-8-10)6-9-2-5-13-7-9/h2,5,7,11-12H,1,3-4,6,8H2. The lowest BCUT2D eigenvalue weighted by Crippen LogP contribution is -2.47. The number of rotatable bonds is 2. The van der Waals surface area contributed by atoms with E-state index in [2.05, 4.69) is 22.1 Å². The average molecular weight is 197 g/mol. The first-order valence-corrected chi connectivity index (χ1v) is 5.67. The number of piperidine rings is 1. The second-order valence-corrected chi connectivity index (χ2v) is 4.59. The molecule has 1 atom stereocenters. The Hall–Kier alpha value is -0.380. The molecule has 1 aliphatic heterocycles. The van der Waals surface area contributed by atoms with E-state index >= 15 is 0 Å². The van der Waals surface area contributed by atoms with E-state index in [-0.39, 0.29) is 0 Å². The van der Waals surface area contributed by atoms with Crippen LogP contribution in [0.4, 0.5) is 0 Å². The summed E-state index contributed by atoms with van der Waals surface area (Å²) in [7, 11) is 0. The lowest BCUT2D eigenvalue weighted by atomic mass is 9.88. The largest absolute Gasteiger partial charge is 0.388 e. The summed E-state index contributed by atoms with van der Waals surface area (Å²) >= 11 is 1.70. The van der Waals surface area contributed by atoms with Crippen LogP contribution in [-0.4, -0.2) is 23.8 Å². The third-order valence-corrected chi connectivity index (χ3v) is 3.30. The van der Waals surface area contributed by atoms with E-state index in [4.69, 9.17) is 0 Å².